The Morgan fingerprint density at radius 1 is 0.906 bits per heavy atom. The van der Waals surface area contributed by atoms with Crippen LogP contribution in [0, 0.1) is 0 Å². The molecular formula is C23H24N2O5S2. The predicted octanol–water partition coefficient (Wildman–Crippen LogP) is 4.03. The molecule has 32 heavy (non-hydrogen) atoms. The van der Waals surface area contributed by atoms with Crippen molar-refractivity contribution in [1.29, 1.82) is 0 Å². The summed E-state index contributed by atoms with van der Waals surface area (Å²) in [6.45, 7) is 2.73. The molecule has 168 valence electrons. The Bertz CT molecular complexity index is 1310. The van der Waals surface area contributed by atoms with Gasteiger partial charge in [-0.3, -0.25) is 9.03 Å². The van der Waals surface area contributed by atoms with Crippen LogP contribution in [0.15, 0.2) is 82.6 Å². The molecule has 0 unspecified atom stereocenters. The molecule has 1 aliphatic heterocycles. The van der Waals surface area contributed by atoms with Crippen LogP contribution < -0.4 is 13.8 Å². The van der Waals surface area contributed by atoms with E-state index in [9.17, 15) is 16.8 Å². The summed E-state index contributed by atoms with van der Waals surface area (Å²) in [4.78, 5) is 0.347. The topological polar surface area (TPSA) is 92.8 Å². The number of ether oxygens (including phenoxy) is 1. The SMILES string of the molecule is CCOc1ccc(S(=O)(=O)Nc2ccc3c(c2)CCCN3S(=O)(=O)c2ccccc2)cc1. The van der Waals surface area contributed by atoms with Crippen molar-refractivity contribution in [2.75, 3.05) is 22.2 Å². The summed E-state index contributed by atoms with van der Waals surface area (Å²) in [7, 11) is -7.49. The zero-order valence-corrected chi connectivity index (χ0v) is 19.2. The maximum atomic E-state index is 13.1. The van der Waals surface area contributed by atoms with E-state index in [1.165, 1.54) is 16.4 Å². The molecule has 9 heteroatoms. The molecule has 0 bridgehead atoms. The number of aryl methyl sites for hydroxylation is 1. The fraction of sp³-hybridized carbons (Fsp3) is 0.217. The Morgan fingerprint density at radius 2 is 1.62 bits per heavy atom. The number of benzene rings is 3. The number of nitrogens with zero attached hydrogens (tertiary/aromatic N) is 1. The van der Waals surface area contributed by atoms with Crippen molar-refractivity contribution in [1.82, 2.24) is 0 Å². The van der Waals surface area contributed by atoms with Gasteiger partial charge in [-0.05, 0) is 79.9 Å². The first-order chi connectivity index (χ1) is 15.3. The average Bonchev–Trinajstić information content (AvgIpc) is 2.79. The van der Waals surface area contributed by atoms with Gasteiger partial charge in [0, 0.05) is 12.2 Å². The fourth-order valence-electron chi connectivity index (χ4n) is 3.69. The standard InChI is InChI=1S/C23H24N2O5S2/c1-2-30-20-11-13-21(14-12-20)31(26,27)24-19-10-15-23-18(17-19)7-6-16-25(23)32(28,29)22-8-4-3-5-9-22/h3-5,8-15,17,24H,2,6-7,16H2,1H3. The van der Waals surface area contributed by atoms with Crippen molar-refractivity contribution in [3.8, 4) is 5.75 Å². The summed E-state index contributed by atoms with van der Waals surface area (Å²) in [5.74, 6) is 0.597. The minimum absolute atomic E-state index is 0.118. The van der Waals surface area contributed by atoms with Gasteiger partial charge in [0.1, 0.15) is 5.75 Å². The smallest absolute Gasteiger partial charge is 0.264 e. The third kappa shape index (κ3) is 4.44. The zero-order valence-electron chi connectivity index (χ0n) is 17.6. The van der Waals surface area contributed by atoms with Crippen LogP contribution in [0.25, 0.3) is 0 Å². The van der Waals surface area contributed by atoms with E-state index >= 15 is 0 Å². The quantitative estimate of drug-likeness (QED) is 0.561. The van der Waals surface area contributed by atoms with E-state index in [1.54, 1.807) is 60.7 Å². The zero-order chi connectivity index (χ0) is 22.8. The first kappa shape index (κ1) is 22.2. The minimum Gasteiger partial charge on any atom is -0.494 e. The van der Waals surface area contributed by atoms with Crippen molar-refractivity contribution in [3.63, 3.8) is 0 Å². The summed E-state index contributed by atoms with van der Waals surface area (Å²) in [6.07, 6.45) is 1.31. The van der Waals surface area contributed by atoms with Crippen molar-refractivity contribution in [2.24, 2.45) is 0 Å². The highest BCUT2D eigenvalue weighted by Crippen LogP contribution is 2.34. The van der Waals surface area contributed by atoms with Crippen molar-refractivity contribution < 1.29 is 21.6 Å². The van der Waals surface area contributed by atoms with E-state index in [1.807, 2.05) is 6.92 Å². The second-order valence-corrected chi connectivity index (χ2v) is 10.9. The molecule has 1 heterocycles. The minimum atomic E-state index is -3.79. The maximum Gasteiger partial charge on any atom is 0.264 e. The molecule has 0 amide bonds. The Balaban J connectivity index is 1.60. The van der Waals surface area contributed by atoms with Crippen LogP contribution in [-0.2, 0) is 26.5 Å². The van der Waals surface area contributed by atoms with Crippen LogP contribution in [0.3, 0.4) is 0 Å². The number of hydrogen-bond acceptors (Lipinski definition) is 5. The van der Waals surface area contributed by atoms with Crippen molar-refractivity contribution in [2.45, 2.75) is 29.6 Å². The van der Waals surface area contributed by atoms with E-state index in [-0.39, 0.29) is 9.79 Å². The molecule has 0 radical (unpaired) electrons. The molecule has 1 N–H and O–H groups in total. The molecule has 1 aliphatic rings. The molecule has 0 saturated carbocycles. The van der Waals surface area contributed by atoms with E-state index in [2.05, 4.69) is 4.72 Å². The summed E-state index contributed by atoms with van der Waals surface area (Å²) in [6, 6.07) is 19.4. The molecule has 0 aromatic heterocycles. The van der Waals surface area contributed by atoms with E-state index < -0.39 is 20.0 Å². The number of hydrogen-bond donors (Lipinski definition) is 1. The van der Waals surface area contributed by atoms with Crippen LogP contribution in [0.1, 0.15) is 18.9 Å². The lowest BCUT2D eigenvalue weighted by molar-refractivity contribution is 0.340. The maximum absolute atomic E-state index is 13.1. The molecule has 0 spiro atoms. The summed E-state index contributed by atoms with van der Waals surface area (Å²) in [5, 5.41) is 0. The van der Waals surface area contributed by atoms with Crippen LogP contribution in [0.4, 0.5) is 11.4 Å². The fourth-order valence-corrected chi connectivity index (χ4v) is 6.30. The highest BCUT2D eigenvalue weighted by atomic mass is 32.2. The Labute approximate surface area is 188 Å². The third-order valence-electron chi connectivity index (χ3n) is 5.18. The Hall–Kier alpha value is -3.04. The van der Waals surface area contributed by atoms with Gasteiger partial charge in [-0.2, -0.15) is 0 Å². The van der Waals surface area contributed by atoms with Crippen molar-refractivity contribution in [3.05, 3.63) is 78.4 Å². The van der Waals surface area contributed by atoms with Gasteiger partial charge >= 0.3 is 0 Å². The molecule has 4 rings (SSSR count). The molecule has 0 fully saturated rings. The first-order valence-corrected chi connectivity index (χ1v) is 13.2. The highest BCUT2D eigenvalue weighted by molar-refractivity contribution is 7.93. The summed E-state index contributed by atoms with van der Waals surface area (Å²) < 4.78 is 61.2. The Kier molecular flexibility index (Phi) is 6.12. The lowest BCUT2D eigenvalue weighted by Crippen LogP contribution is -2.35. The second-order valence-electron chi connectivity index (χ2n) is 7.35. The summed E-state index contributed by atoms with van der Waals surface area (Å²) in [5.41, 5.74) is 1.74. The third-order valence-corrected chi connectivity index (χ3v) is 8.41. The second kappa shape index (κ2) is 8.84. The van der Waals surface area contributed by atoms with Gasteiger partial charge in [0.05, 0.1) is 22.1 Å². The molecule has 0 aliphatic carbocycles. The predicted molar refractivity (Wildman–Crippen MR) is 124 cm³/mol. The monoisotopic (exact) mass is 472 g/mol. The number of nitrogens with one attached hydrogen (secondary N) is 1. The van der Waals surface area contributed by atoms with E-state index in [0.29, 0.717) is 43.1 Å². The number of sulfonamides is 2. The summed E-state index contributed by atoms with van der Waals surface area (Å²) >= 11 is 0. The van der Waals surface area contributed by atoms with Crippen LogP contribution in [0.2, 0.25) is 0 Å². The number of fused-ring (bicyclic) bond motifs is 1. The lowest BCUT2D eigenvalue weighted by Gasteiger charge is -2.31. The average molecular weight is 473 g/mol. The molecule has 0 atom stereocenters. The van der Waals surface area contributed by atoms with Gasteiger partial charge in [0.2, 0.25) is 0 Å². The van der Waals surface area contributed by atoms with E-state index in [4.69, 9.17) is 4.74 Å². The lowest BCUT2D eigenvalue weighted by atomic mass is 10.0. The highest BCUT2D eigenvalue weighted by Gasteiger charge is 2.29. The molecule has 3 aromatic rings. The van der Waals surface area contributed by atoms with Gasteiger partial charge < -0.3 is 4.74 Å². The van der Waals surface area contributed by atoms with Gasteiger partial charge in [0.15, 0.2) is 0 Å². The number of rotatable bonds is 7. The molecule has 0 saturated heterocycles. The largest absolute Gasteiger partial charge is 0.494 e. The van der Waals surface area contributed by atoms with Crippen LogP contribution in [0.5, 0.6) is 5.75 Å². The van der Waals surface area contributed by atoms with Gasteiger partial charge in [-0.25, -0.2) is 16.8 Å². The number of anilines is 2. The van der Waals surface area contributed by atoms with Gasteiger partial charge in [-0.1, -0.05) is 18.2 Å². The molecular weight excluding hydrogens is 448 g/mol. The molecule has 7 nitrogen and oxygen atoms in total. The van der Waals surface area contributed by atoms with E-state index in [0.717, 1.165) is 5.56 Å². The Morgan fingerprint density at radius 3 is 2.31 bits per heavy atom. The van der Waals surface area contributed by atoms with Crippen LogP contribution in [-0.4, -0.2) is 30.0 Å². The van der Waals surface area contributed by atoms with Crippen LogP contribution >= 0.6 is 0 Å². The normalized spacial score (nSPS) is 14.0. The van der Waals surface area contributed by atoms with Gasteiger partial charge in [-0.15, -0.1) is 0 Å². The van der Waals surface area contributed by atoms with Gasteiger partial charge in [0.25, 0.3) is 20.0 Å². The molecule has 3 aromatic carbocycles. The first-order valence-electron chi connectivity index (χ1n) is 10.3. The van der Waals surface area contributed by atoms with Crippen molar-refractivity contribution >= 4 is 31.4 Å².